The molecule has 288 valence electrons. The van der Waals surface area contributed by atoms with E-state index in [2.05, 4.69) is 10.3 Å². The van der Waals surface area contributed by atoms with Crippen molar-refractivity contribution in [1.82, 2.24) is 24.2 Å². The lowest BCUT2D eigenvalue weighted by atomic mass is 9.78. The van der Waals surface area contributed by atoms with Crippen molar-refractivity contribution >= 4 is 33.1 Å². The number of carbonyl (C=O) groups is 2. The van der Waals surface area contributed by atoms with Crippen molar-refractivity contribution in [2.75, 3.05) is 13.2 Å². The van der Waals surface area contributed by atoms with Gasteiger partial charge in [-0.1, -0.05) is 79.7 Å². The van der Waals surface area contributed by atoms with Crippen LogP contribution in [0.1, 0.15) is 77.2 Å². The summed E-state index contributed by atoms with van der Waals surface area (Å²) in [4.78, 5) is 28.7. The van der Waals surface area contributed by atoms with Gasteiger partial charge in [-0.2, -0.15) is 17.5 Å². The maximum Gasteiger partial charge on any atom is 0.417 e. The molecule has 2 aliphatic rings. The Morgan fingerprint density at radius 3 is 2.47 bits per heavy atom. The monoisotopic (exact) mass is 773 g/mol. The lowest BCUT2D eigenvalue weighted by Crippen LogP contribution is -2.40. The molecule has 7 rings (SSSR count). The number of aromatic nitrogens is 3. The van der Waals surface area contributed by atoms with Crippen LogP contribution in [0.4, 0.5) is 18.0 Å². The second-order valence-electron chi connectivity index (χ2n) is 14.6. The maximum atomic E-state index is 14.6. The molecular formula is C41H42F3N5O5S. The average molecular weight is 774 g/mol. The number of alkyl halides is 3. The highest BCUT2D eigenvalue weighted by Crippen LogP contribution is 2.41. The van der Waals surface area contributed by atoms with Crippen molar-refractivity contribution in [1.29, 1.82) is 0 Å². The van der Waals surface area contributed by atoms with Crippen LogP contribution in [0.5, 0.6) is 0 Å². The molecule has 0 unspecified atom stereocenters. The number of hydrogen-bond acceptors (Lipinski definition) is 7. The Labute approximate surface area is 317 Å². The average Bonchev–Trinajstić information content (AvgIpc) is 3.74. The number of cyclic esters (lactones) is 1. The SMILES string of the molecule is CCn1nnc2c(C)c([C@H](c3ccc(C)c(CN4C[C@@H](C)Cc5ccc(C(F)(F)F)cc5S4(=O)=O)c3)[C@@H](C)C(=O)N3C(=O)OC[C@H]3c3ccccc3)ccc21. The summed E-state index contributed by atoms with van der Waals surface area (Å²) in [5.74, 6) is -2.08. The Morgan fingerprint density at radius 1 is 1.02 bits per heavy atom. The summed E-state index contributed by atoms with van der Waals surface area (Å²) in [6.07, 6.45) is -5.14. The summed E-state index contributed by atoms with van der Waals surface area (Å²) in [7, 11) is -4.34. The number of halogens is 3. The molecule has 5 aromatic rings. The lowest BCUT2D eigenvalue weighted by molar-refractivity contribution is -0.137. The molecular weight excluding hydrogens is 732 g/mol. The normalized spacial score (nSPS) is 19.9. The van der Waals surface area contributed by atoms with E-state index in [0.717, 1.165) is 39.9 Å². The van der Waals surface area contributed by atoms with E-state index in [4.69, 9.17) is 4.74 Å². The zero-order chi connectivity index (χ0) is 39.4. The van der Waals surface area contributed by atoms with Crippen molar-refractivity contribution in [3.63, 3.8) is 0 Å². The predicted octanol–water partition coefficient (Wildman–Crippen LogP) is 7.96. The number of imide groups is 1. The zero-order valence-electron chi connectivity index (χ0n) is 31.2. The van der Waals surface area contributed by atoms with Crippen LogP contribution in [-0.4, -0.2) is 57.8 Å². The van der Waals surface area contributed by atoms with Gasteiger partial charge in [-0.05, 0) is 90.3 Å². The van der Waals surface area contributed by atoms with Gasteiger partial charge in [-0.15, -0.1) is 5.10 Å². The smallest absolute Gasteiger partial charge is 0.417 e. The fourth-order valence-electron chi connectivity index (χ4n) is 8.00. The predicted molar refractivity (Wildman–Crippen MR) is 199 cm³/mol. The van der Waals surface area contributed by atoms with Gasteiger partial charge in [0.05, 0.1) is 16.0 Å². The molecule has 2 amide bonds. The van der Waals surface area contributed by atoms with Gasteiger partial charge < -0.3 is 4.74 Å². The summed E-state index contributed by atoms with van der Waals surface area (Å²) in [6, 6.07) is 21.0. The molecule has 1 fully saturated rings. The number of aryl methyl sites for hydroxylation is 3. The minimum absolute atomic E-state index is 0.0160. The number of benzene rings is 4. The largest absolute Gasteiger partial charge is 0.446 e. The summed E-state index contributed by atoms with van der Waals surface area (Å²) >= 11 is 0. The Bertz CT molecular complexity index is 2400. The van der Waals surface area contributed by atoms with Crippen LogP contribution in [0.15, 0.2) is 83.8 Å². The highest BCUT2D eigenvalue weighted by atomic mass is 32.2. The number of carbonyl (C=O) groups excluding carboxylic acids is 2. The molecule has 14 heteroatoms. The first-order chi connectivity index (χ1) is 26.1. The second-order valence-corrected chi connectivity index (χ2v) is 16.6. The third-order valence-electron chi connectivity index (χ3n) is 11.0. The minimum Gasteiger partial charge on any atom is -0.446 e. The van der Waals surface area contributed by atoms with E-state index in [0.29, 0.717) is 35.2 Å². The molecule has 1 saturated heterocycles. The number of hydrogen-bond donors (Lipinski definition) is 0. The summed E-state index contributed by atoms with van der Waals surface area (Å²) < 4.78 is 78.1. The highest BCUT2D eigenvalue weighted by molar-refractivity contribution is 7.89. The maximum absolute atomic E-state index is 14.6. The lowest BCUT2D eigenvalue weighted by Gasteiger charge is -2.30. The van der Waals surface area contributed by atoms with E-state index in [1.807, 2.05) is 88.4 Å². The molecule has 4 aromatic carbocycles. The van der Waals surface area contributed by atoms with Gasteiger partial charge in [0.1, 0.15) is 18.2 Å². The van der Waals surface area contributed by atoms with Gasteiger partial charge in [0.25, 0.3) is 0 Å². The Kier molecular flexibility index (Phi) is 10.1. The van der Waals surface area contributed by atoms with Gasteiger partial charge in [0.2, 0.25) is 15.9 Å². The van der Waals surface area contributed by atoms with E-state index in [9.17, 15) is 31.2 Å². The molecule has 0 radical (unpaired) electrons. The fraction of sp³-hybridized carbons (Fsp3) is 0.366. The van der Waals surface area contributed by atoms with Crippen LogP contribution in [0.3, 0.4) is 0 Å². The summed E-state index contributed by atoms with van der Waals surface area (Å²) in [5.41, 5.74) is 5.24. The van der Waals surface area contributed by atoms with Crippen LogP contribution in [0.25, 0.3) is 11.0 Å². The van der Waals surface area contributed by atoms with Gasteiger partial charge in [-0.3, -0.25) is 4.79 Å². The summed E-state index contributed by atoms with van der Waals surface area (Å²) in [6.45, 7) is 9.98. The van der Waals surface area contributed by atoms with Crippen LogP contribution < -0.4 is 0 Å². The first kappa shape index (κ1) is 38.2. The van der Waals surface area contributed by atoms with Crippen molar-refractivity contribution in [2.45, 2.75) is 77.2 Å². The Hall–Kier alpha value is -5.08. The number of nitrogens with zero attached hydrogens (tertiary/aromatic N) is 5. The molecule has 3 heterocycles. The van der Waals surface area contributed by atoms with Crippen LogP contribution in [0.2, 0.25) is 0 Å². The van der Waals surface area contributed by atoms with Crippen molar-refractivity contribution in [3.8, 4) is 0 Å². The molecule has 4 atom stereocenters. The molecule has 1 aromatic heterocycles. The molecule has 2 aliphatic heterocycles. The second kappa shape index (κ2) is 14.5. The van der Waals surface area contributed by atoms with Gasteiger partial charge >= 0.3 is 12.3 Å². The molecule has 0 bridgehead atoms. The van der Waals surface area contributed by atoms with Gasteiger partial charge in [-0.25, -0.2) is 22.8 Å². The minimum atomic E-state index is -4.71. The van der Waals surface area contributed by atoms with Crippen LogP contribution >= 0.6 is 0 Å². The third-order valence-corrected chi connectivity index (χ3v) is 12.9. The van der Waals surface area contributed by atoms with Crippen LogP contribution in [-0.2, 0) is 45.2 Å². The van der Waals surface area contributed by atoms with E-state index in [1.165, 1.54) is 15.3 Å². The number of fused-ring (bicyclic) bond motifs is 2. The molecule has 10 nitrogen and oxygen atoms in total. The van der Waals surface area contributed by atoms with E-state index >= 15 is 0 Å². The number of ether oxygens (including phenoxy) is 1. The molecule has 0 saturated carbocycles. The third kappa shape index (κ3) is 7.01. The quantitative estimate of drug-likeness (QED) is 0.157. The number of amides is 2. The summed E-state index contributed by atoms with van der Waals surface area (Å²) in [5, 5.41) is 8.75. The molecule has 0 aliphatic carbocycles. The van der Waals surface area contributed by atoms with E-state index in [-0.39, 0.29) is 30.5 Å². The van der Waals surface area contributed by atoms with E-state index in [1.54, 1.807) is 11.6 Å². The fourth-order valence-corrected chi connectivity index (χ4v) is 9.79. The molecule has 0 N–H and O–H groups in total. The Morgan fingerprint density at radius 2 is 1.76 bits per heavy atom. The first-order valence-electron chi connectivity index (χ1n) is 18.3. The first-order valence-corrected chi connectivity index (χ1v) is 19.7. The number of rotatable bonds is 8. The van der Waals surface area contributed by atoms with Crippen molar-refractivity contribution < 1.29 is 35.9 Å². The molecule has 55 heavy (non-hydrogen) atoms. The highest BCUT2D eigenvalue weighted by Gasteiger charge is 2.43. The standard InChI is InChI=1S/C41H42F3N5O5S/c1-6-48-34-17-16-33(26(4)38(34)45-46-48)37(27(5)39(50)49-35(23-54-40(49)51)28-10-8-7-9-11-28)30-13-12-25(3)31(19-30)22-47-21-24(2)18-29-14-15-32(41(42,43)44)20-36(29)55(47,52)53/h7-17,19-20,24,27,35,37H,6,18,21-23H2,1-5H3/t24-,27+,35-,37-/m0/s1. The van der Waals surface area contributed by atoms with Crippen molar-refractivity contribution in [2.24, 2.45) is 11.8 Å². The molecule has 0 spiro atoms. The zero-order valence-corrected chi connectivity index (χ0v) is 32.0. The number of sulfonamides is 1. The van der Waals surface area contributed by atoms with Gasteiger partial charge in [0, 0.05) is 31.5 Å². The van der Waals surface area contributed by atoms with Gasteiger partial charge in [0.15, 0.2) is 0 Å². The Balaban J connectivity index is 1.32. The van der Waals surface area contributed by atoms with Crippen molar-refractivity contribution in [3.05, 3.63) is 123 Å². The van der Waals surface area contributed by atoms with E-state index < -0.39 is 51.6 Å². The van der Waals surface area contributed by atoms with Crippen LogP contribution in [0, 0.1) is 25.7 Å². The topological polar surface area (TPSA) is 115 Å².